The van der Waals surface area contributed by atoms with Crippen molar-refractivity contribution in [1.29, 1.82) is 0 Å². The van der Waals surface area contributed by atoms with Crippen molar-refractivity contribution in [2.45, 2.75) is 51.2 Å². The molecule has 0 aliphatic carbocycles. The molecular weight excluding hydrogens is 318 g/mol. The van der Waals surface area contributed by atoms with Crippen LogP contribution in [0.4, 0.5) is 8.78 Å². The highest BCUT2D eigenvalue weighted by molar-refractivity contribution is 5.74. The summed E-state index contributed by atoms with van der Waals surface area (Å²) in [6.07, 6.45) is -0.127. The first-order valence-corrected chi connectivity index (χ1v) is 7.84. The summed E-state index contributed by atoms with van der Waals surface area (Å²) >= 11 is 0. The van der Waals surface area contributed by atoms with Crippen LogP contribution in [0.2, 0.25) is 0 Å². The van der Waals surface area contributed by atoms with Crippen LogP contribution in [-0.2, 0) is 24.5 Å². The molecule has 2 rings (SSSR count). The van der Waals surface area contributed by atoms with E-state index in [1.807, 2.05) is 0 Å². The second-order valence-electron chi connectivity index (χ2n) is 7.20. The number of ether oxygens (including phenoxy) is 2. The second-order valence-corrected chi connectivity index (χ2v) is 7.20. The molecule has 1 aliphatic heterocycles. The number of esters is 1. The standard InChI is InChI=1S/C18H22F2O4/c1-11-13(9-21)18(10-23-11,8-15(22)24-17(2,3)4)12-6-5-7-14(19)16(12)20/h5-7,9,11,13H,8,10H2,1-4H3/t11-,13-,18+/m1/s1. The monoisotopic (exact) mass is 340 g/mol. The number of halogens is 2. The third-order valence-corrected chi connectivity index (χ3v) is 4.26. The van der Waals surface area contributed by atoms with E-state index in [0.717, 1.165) is 6.07 Å². The van der Waals surface area contributed by atoms with Gasteiger partial charge in [0.05, 0.1) is 25.0 Å². The number of hydrogen-bond acceptors (Lipinski definition) is 4. The lowest BCUT2D eigenvalue weighted by atomic mass is 9.68. The zero-order valence-corrected chi connectivity index (χ0v) is 14.3. The predicted octanol–water partition coefficient (Wildman–Crippen LogP) is 3.17. The van der Waals surface area contributed by atoms with Crippen LogP contribution in [-0.4, -0.2) is 30.6 Å². The topological polar surface area (TPSA) is 52.6 Å². The van der Waals surface area contributed by atoms with Gasteiger partial charge in [0.15, 0.2) is 11.6 Å². The fraction of sp³-hybridized carbons (Fsp3) is 0.556. The lowest BCUT2D eigenvalue weighted by molar-refractivity contribution is -0.156. The molecule has 0 aromatic heterocycles. The maximum absolute atomic E-state index is 14.4. The van der Waals surface area contributed by atoms with E-state index in [0.29, 0.717) is 6.29 Å². The Hall–Kier alpha value is -1.82. The van der Waals surface area contributed by atoms with E-state index in [1.54, 1.807) is 27.7 Å². The van der Waals surface area contributed by atoms with E-state index in [4.69, 9.17) is 9.47 Å². The molecule has 0 N–H and O–H groups in total. The molecule has 0 unspecified atom stereocenters. The average molecular weight is 340 g/mol. The van der Waals surface area contributed by atoms with Crippen LogP contribution in [0.15, 0.2) is 18.2 Å². The molecule has 0 bridgehead atoms. The largest absolute Gasteiger partial charge is 0.460 e. The van der Waals surface area contributed by atoms with Crippen LogP contribution in [0.5, 0.6) is 0 Å². The van der Waals surface area contributed by atoms with Gasteiger partial charge in [0.1, 0.15) is 11.9 Å². The molecule has 1 saturated heterocycles. The lowest BCUT2D eigenvalue weighted by Crippen LogP contribution is -2.41. The lowest BCUT2D eigenvalue weighted by Gasteiger charge is -2.33. The Bertz CT molecular complexity index is 638. The summed E-state index contributed by atoms with van der Waals surface area (Å²) in [5.74, 6) is -3.46. The van der Waals surface area contributed by atoms with Crippen molar-refractivity contribution >= 4 is 12.3 Å². The summed E-state index contributed by atoms with van der Waals surface area (Å²) in [5, 5.41) is 0. The zero-order valence-electron chi connectivity index (χ0n) is 14.3. The highest BCUT2D eigenvalue weighted by atomic mass is 19.2. The van der Waals surface area contributed by atoms with Crippen LogP contribution in [0.25, 0.3) is 0 Å². The molecule has 132 valence electrons. The minimum atomic E-state index is -1.28. The fourth-order valence-electron chi connectivity index (χ4n) is 3.22. The molecule has 1 heterocycles. The molecule has 1 aliphatic rings. The van der Waals surface area contributed by atoms with E-state index < -0.39 is 40.6 Å². The van der Waals surface area contributed by atoms with Gasteiger partial charge in [-0.25, -0.2) is 8.78 Å². The molecule has 0 spiro atoms. The molecule has 4 nitrogen and oxygen atoms in total. The SMILES string of the molecule is C[C@H]1OC[C@@](CC(=O)OC(C)(C)C)(c2cccc(F)c2F)[C@@H]1C=O. The van der Waals surface area contributed by atoms with Crippen LogP contribution in [0, 0.1) is 17.6 Å². The quantitative estimate of drug-likeness (QED) is 0.624. The summed E-state index contributed by atoms with van der Waals surface area (Å²) < 4.78 is 39.0. The van der Waals surface area contributed by atoms with Gasteiger partial charge < -0.3 is 14.3 Å². The Morgan fingerprint density at radius 1 is 1.42 bits per heavy atom. The number of aldehydes is 1. The third-order valence-electron chi connectivity index (χ3n) is 4.26. The molecule has 1 fully saturated rings. The predicted molar refractivity (Wildman–Crippen MR) is 83.5 cm³/mol. The fourth-order valence-corrected chi connectivity index (χ4v) is 3.22. The Morgan fingerprint density at radius 2 is 2.08 bits per heavy atom. The third kappa shape index (κ3) is 3.48. The normalized spacial score (nSPS) is 27.1. The molecule has 3 atom stereocenters. The van der Waals surface area contributed by atoms with Crippen LogP contribution < -0.4 is 0 Å². The molecule has 0 amide bonds. The van der Waals surface area contributed by atoms with Gasteiger partial charge in [-0.3, -0.25) is 4.79 Å². The highest BCUT2D eigenvalue weighted by Crippen LogP contribution is 2.45. The molecule has 24 heavy (non-hydrogen) atoms. The zero-order chi connectivity index (χ0) is 18.1. The molecule has 0 saturated carbocycles. The highest BCUT2D eigenvalue weighted by Gasteiger charge is 2.52. The molecule has 6 heteroatoms. The number of carbonyl (C=O) groups excluding carboxylic acids is 2. The molecular formula is C18H22F2O4. The summed E-state index contributed by atoms with van der Waals surface area (Å²) in [7, 11) is 0. The summed E-state index contributed by atoms with van der Waals surface area (Å²) in [5.41, 5.74) is -2.04. The van der Waals surface area contributed by atoms with E-state index in [-0.39, 0.29) is 18.6 Å². The maximum atomic E-state index is 14.4. The molecule has 1 aromatic carbocycles. The Labute approximate surface area is 140 Å². The van der Waals surface area contributed by atoms with Crippen molar-refractivity contribution in [2.75, 3.05) is 6.61 Å². The van der Waals surface area contributed by atoms with Crippen LogP contribution in [0.3, 0.4) is 0 Å². The van der Waals surface area contributed by atoms with Crippen molar-refractivity contribution in [3.05, 3.63) is 35.4 Å². The van der Waals surface area contributed by atoms with E-state index >= 15 is 0 Å². The Morgan fingerprint density at radius 3 is 2.67 bits per heavy atom. The number of carbonyl (C=O) groups is 2. The van der Waals surface area contributed by atoms with Gasteiger partial charge in [0, 0.05) is 11.0 Å². The Kier molecular flexibility index (Phi) is 5.08. The van der Waals surface area contributed by atoms with Gasteiger partial charge in [-0.1, -0.05) is 12.1 Å². The van der Waals surface area contributed by atoms with E-state index in [2.05, 4.69) is 0 Å². The van der Waals surface area contributed by atoms with Crippen LogP contribution >= 0.6 is 0 Å². The second kappa shape index (κ2) is 6.59. The van der Waals surface area contributed by atoms with Gasteiger partial charge in [-0.05, 0) is 33.8 Å². The molecule has 0 radical (unpaired) electrons. The van der Waals surface area contributed by atoms with Gasteiger partial charge >= 0.3 is 5.97 Å². The average Bonchev–Trinajstić information content (AvgIpc) is 2.76. The van der Waals surface area contributed by atoms with Crippen molar-refractivity contribution in [3.8, 4) is 0 Å². The summed E-state index contributed by atoms with van der Waals surface area (Å²) in [6.45, 7) is 6.76. The molecule has 1 aromatic rings. The smallest absolute Gasteiger partial charge is 0.307 e. The van der Waals surface area contributed by atoms with Gasteiger partial charge in [-0.15, -0.1) is 0 Å². The van der Waals surface area contributed by atoms with Crippen molar-refractivity contribution < 1.29 is 27.8 Å². The van der Waals surface area contributed by atoms with Gasteiger partial charge in [-0.2, -0.15) is 0 Å². The van der Waals surface area contributed by atoms with Crippen molar-refractivity contribution in [3.63, 3.8) is 0 Å². The van der Waals surface area contributed by atoms with Crippen LogP contribution in [0.1, 0.15) is 39.7 Å². The van der Waals surface area contributed by atoms with E-state index in [9.17, 15) is 18.4 Å². The first-order valence-electron chi connectivity index (χ1n) is 7.84. The Balaban J connectivity index is 2.49. The van der Waals surface area contributed by atoms with E-state index in [1.165, 1.54) is 12.1 Å². The first-order chi connectivity index (χ1) is 11.1. The number of rotatable bonds is 4. The summed E-state index contributed by atoms with van der Waals surface area (Å²) in [6, 6.07) is 3.74. The van der Waals surface area contributed by atoms with Gasteiger partial charge in [0.2, 0.25) is 0 Å². The van der Waals surface area contributed by atoms with Crippen molar-refractivity contribution in [2.24, 2.45) is 5.92 Å². The minimum absolute atomic E-state index is 0.0326. The minimum Gasteiger partial charge on any atom is -0.460 e. The first kappa shape index (κ1) is 18.5. The number of hydrogen-bond donors (Lipinski definition) is 0. The summed E-state index contributed by atoms with van der Waals surface area (Å²) in [4.78, 5) is 24.0. The number of benzene rings is 1. The van der Waals surface area contributed by atoms with Crippen molar-refractivity contribution in [1.82, 2.24) is 0 Å². The maximum Gasteiger partial charge on any atom is 0.307 e. The van der Waals surface area contributed by atoms with Gasteiger partial charge in [0.25, 0.3) is 0 Å².